The van der Waals surface area contributed by atoms with Crippen LogP contribution in [-0.4, -0.2) is 4.99 Å². The molecule has 1 rings (SSSR count). The lowest BCUT2D eigenvalue weighted by atomic mass is 10.0. The Morgan fingerprint density at radius 3 is 3.00 bits per heavy atom. The minimum absolute atomic E-state index is 0.319. The number of thiophene rings is 1. The van der Waals surface area contributed by atoms with Crippen molar-refractivity contribution in [3.8, 4) is 0 Å². The average molecular weight is 185 g/mol. The van der Waals surface area contributed by atoms with Crippen LogP contribution < -0.4 is 5.73 Å². The van der Waals surface area contributed by atoms with Crippen molar-refractivity contribution >= 4 is 28.5 Å². The summed E-state index contributed by atoms with van der Waals surface area (Å²) in [5.74, 6) is 0.319. The fraction of sp³-hybridized carbons (Fsp3) is 0.375. The van der Waals surface area contributed by atoms with Gasteiger partial charge in [-0.3, -0.25) is 0 Å². The largest absolute Gasteiger partial charge is 0.393 e. The third-order valence-corrected chi connectivity index (χ3v) is 2.74. The van der Waals surface area contributed by atoms with Crippen LogP contribution in [0.5, 0.6) is 0 Å². The minimum Gasteiger partial charge on any atom is -0.393 e. The summed E-state index contributed by atoms with van der Waals surface area (Å²) in [5, 5.41) is 4.20. The summed E-state index contributed by atoms with van der Waals surface area (Å²) >= 11 is 6.58. The van der Waals surface area contributed by atoms with Crippen LogP contribution in [0, 0.1) is 5.92 Å². The van der Waals surface area contributed by atoms with Gasteiger partial charge in [-0.25, -0.2) is 0 Å². The Morgan fingerprint density at radius 2 is 2.55 bits per heavy atom. The van der Waals surface area contributed by atoms with E-state index in [9.17, 15) is 0 Å². The summed E-state index contributed by atoms with van der Waals surface area (Å²) in [7, 11) is 0. The first-order chi connectivity index (χ1) is 5.20. The molecule has 0 fully saturated rings. The quantitative estimate of drug-likeness (QED) is 0.731. The SMILES string of the molecule is CC(Cc1ccsc1)C(N)=S. The van der Waals surface area contributed by atoms with Crippen molar-refractivity contribution in [3.63, 3.8) is 0 Å². The number of hydrogen-bond donors (Lipinski definition) is 1. The zero-order valence-corrected chi connectivity index (χ0v) is 8.04. The minimum atomic E-state index is 0.319. The molecule has 1 unspecified atom stereocenters. The molecule has 0 aliphatic heterocycles. The fourth-order valence-corrected chi connectivity index (χ4v) is 1.63. The lowest BCUT2D eigenvalue weighted by Gasteiger charge is -2.06. The highest BCUT2D eigenvalue weighted by atomic mass is 32.1. The summed E-state index contributed by atoms with van der Waals surface area (Å²) in [6.45, 7) is 2.06. The van der Waals surface area contributed by atoms with E-state index in [1.807, 2.05) is 0 Å². The first kappa shape index (κ1) is 8.68. The number of hydrogen-bond acceptors (Lipinski definition) is 2. The van der Waals surface area contributed by atoms with Crippen molar-refractivity contribution in [2.75, 3.05) is 0 Å². The fourth-order valence-electron chi connectivity index (χ4n) is 0.863. The molecule has 1 heterocycles. The Bertz CT molecular complexity index is 228. The first-order valence-corrected chi connectivity index (χ1v) is 4.85. The first-order valence-electron chi connectivity index (χ1n) is 3.50. The summed E-state index contributed by atoms with van der Waals surface area (Å²) in [6, 6.07) is 2.11. The molecular weight excluding hydrogens is 174 g/mol. The average Bonchev–Trinajstić information content (AvgIpc) is 2.39. The highest BCUT2D eigenvalue weighted by Gasteiger charge is 2.05. The van der Waals surface area contributed by atoms with Gasteiger partial charge in [0.1, 0.15) is 0 Å². The van der Waals surface area contributed by atoms with Gasteiger partial charge in [-0.1, -0.05) is 19.1 Å². The van der Waals surface area contributed by atoms with E-state index in [0.29, 0.717) is 10.9 Å². The maximum absolute atomic E-state index is 5.49. The van der Waals surface area contributed by atoms with Gasteiger partial charge < -0.3 is 5.73 Å². The highest BCUT2D eigenvalue weighted by Crippen LogP contribution is 2.11. The maximum atomic E-state index is 5.49. The van der Waals surface area contributed by atoms with Crippen LogP contribution in [0.25, 0.3) is 0 Å². The molecule has 0 spiro atoms. The van der Waals surface area contributed by atoms with Crippen LogP contribution in [-0.2, 0) is 6.42 Å². The second-order valence-electron chi connectivity index (χ2n) is 2.64. The van der Waals surface area contributed by atoms with Crippen molar-refractivity contribution in [3.05, 3.63) is 22.4 Å². The topological polar surface area (TPSA) is 26.0 Å². The van der Waals surface area contributed by atoms with Gasteiger partial charge in [0.15, 0.2) is 0 Å². The summed E-state index contributed by atoms with van der Waals surface area (Å²) in [6.07, 6.45) is 0.971. The molecule has 0 saturated heterocycles. The van der Waals surface area contributed by atoms with Gasteiger partial charge in [0.25, 0.3) is 0 Å². The molecule has 1 aromatic rings. The number of rotatable bonds is 3. The maximum Gasteiger partial charge on any atom is 0.0759 e. The van der Waals surface area contributed by atoms with Crippen molar-refractivity contribution < 1.29 is 0 Å². The van der Waals surface area contributed by atoms with Crippen molar-refractivity contribution in [1.29, 1.82) is 0 Å². The van der Waals surface area contributed by atoms with Gasteiger partial charge in [-0.15, -0.1) is 0 Å². The third kappa shape index (κ3) is 2.60. The van der Waals surface area contributed by atoms with Crippen molar-refractivity contribution in [1.82, 2.24) is 0 Å². The Hall–Kier alpha value is -0.410. The molecule has 3 heteroatoms. The van der Waals surface area contributed by atoms with E-state index in [1.54, 1.807) is 11.3 Å². The molecule has 0 bridgehead atoms. The van der Waals surface area contributed by atoms with Gasteiger partial charge in [0.05, 0.1) is 4.99 Å². The summed E-state index contributed by atoms with van der Waals surface area (Å²) in [4.78, 5) is 0.608. The lowest BCUT2D eigenvalue weighted by molar-refractivity contribution is 0.774. The molecule has 0 saturated carbocycles. The summed E-state index contributed by atoms with van der Waals surface area (Å²) in [5.41, 5.74) is 6.82. The van der Waals surface area contributed by atoms with Crippen LogP contribution in [0.3, 0.4) is 0 Å². The molecule has 0 aliphatic carbocycles. The molecule has 1 aromatic heterocycles. The number of thiocarbonyl (C=S) groups is 1. The molecule has 2 N–H and O–H groups in total. The number of nitrogens with two attached hydrogens (primary N) is 1. The molecule has 0 radical (unpaired) electrons. The molecule has 11 heavy (non-hydrogen) atoms. The summed E-state index contributed by atoms with van der Waals surface area (Å²) < 4.78 is 0. The van der Waals surface area contributed by atoms with E-state index >= 15 is 0 Å². The molecule has 0 aromatic carbocycles. The van der Waals surface area contributed by atoms with Crippen LogP contribution in [0.15, 0.2) is 16.8 Å². The predicted octanol–water partition coefficient (Wildman–Crippen LogP) is 2.21. The standard InChI is InChI=1S/C8H11NS2/c1-6(8(9)10)4-7-2-3-11-5-7/h2-3,5-6H,4H2,1H3,(H2,9,10). The van der Waals surface area contributed by atoms with E-state index in [4.69, 9.17) is 18.0 Å². The zero-order valence-electron chi connectivity index (χ0n) is 6.41. The molecule has 60 valence electrons. The predicted molar refractivity (Wildman–Crippen MR) is 54.0 cm³/mol. The van der Waals surface area contributed by atoms with Crippen LogP contribution in [0.1, 0.15) is 12.5 Å². The van der Waals surface area contributed by atoms with Gasteiger partial charge in [-0.2, -0.15) is 11.3 Å². The molecular formula is C8H11NS2. The lowest BCUT2D eigenvalue weighted by Crippen LogP contribution is -2.19. The second-order valence-corrected chi connectivity index (χ2v) is 3.89. The Morgan fingerprint density at radius 1 is 1.82 bits per heavy atom. The normalized spacial score (nSPS) is 12.8. The van der Waals surface area contributed by atoms with Gasteiger partial charge in [0, 0.05) is 5.92 Å². The molecule has 1 atom stereocenters. The zero-order chi connectivity index (χ0) is 8.27. The Balaban J connectivity index is 2.50. The molecule has 1 nitrogen and oxygen atoms in total. The molecule has 0 amide bonds. The monoisotopic (exact) mass is 185 g/mol. The Kier molecular flexibility index (Phi) is 3.02. The third-order valence-electron chi connectivity index (χ3n) is 1.61. The van der Waals surface area contributed by atoms with Crippen molar-refractivity contribution in [2.45, 2.75) is 13.3 Å². The second kappa shape index (κ2) is 3.83. The van der Waals surface area contributed by atoms with Gasteiger partial charge in [-0.05, 0) is 28.8 Å². The van der Waals surface area contributed by atoms with Crippen molar-refractivity contribution in [2.24, 2.45) is 11.7 Å². The van der Waals surface area contributed by atoms with Gasteiger partial charge >= 0.3 is 0 Å². The van der Waals surface area contributed by atoms with Crippen LogP contribution >= 0.6 is 23.6 Å². The van der Waals surface area contributed by atoms with Gasteiger partial charge in [0.2, 0.25) is 0 Å². The van der Waals surface area contributed by atoms with E-state index in [2.05, 4.69) is 23.8 Å². The van der Waals surface area contributed by atoms with Crippen LogP contribution in [0.4, 0.5) is 0 Å². The highest BCUT2D eigenvalue weighted by molar-refractivity contribution is 7.80. The van der Waals surface area contributed by atoms with E-state index < -0.39 is 0 Å². The van der Waals surface area contributed by atoms with E-state index in [-0.39, 0.29) is 0 Å². The molecule has 0 aliphatic rings. The van der Waals surface area contributed by atoms with E-state index in [1.165, 1.54) is 5.56 Å². The smallest absolute Gasteiger partial charge is 0.0759 e. The van der Waals surface area contributed by atoms with E-state index in [0.717, 1.165) is 6.42 Å². The Labute approximate surface area is 76.2 Å². The van der Waals surface area contributed by atoms with Crippen LogP contribution in [0.2, 0.25) is 0 Å².